The molecule has 2 radical (unpaired) electrons. The molecule has 0 aromatic carbocycles. The summed E-state index contributed by atoms with van der Waals surface area (Å²) in [6, 6.07) is 0. The number of nitrogens with two attached hydrogens (primary N) is 1. The van der Waals surface area contributed by atoms with Gasteiger partial charge in [-0.1, -0.05) is 6.32 Å². The number of aliphatic hydroxyl groups is 1. The van der Waals surface area contributed by atoms with Crippen molar-refractivity contribution in [2.75, 3.05) is 19.8 Å². The van der Waals surface area contributed by atoms with Crippen molar-refractivity contribution in [2.45, 2.75) is 38.3 Å². The third-order valence-electron chi connectivity index (χ3n) is 2.49. The molecule has 23 heavy (non-hydrogen) atoms. The van der Waals surface area contributed by atoms with Crippen LogP contribution in [-0.4, -0.2) is 68.6 Å². The van der Waals surface area contributed by atoms with Crippen LogP contribution in [0.3, 0.4) is 0 Å². The second kappa shape index (κ2) is 11.6. The Kier molecular flexibility index (Phi) is 10.6. The standard InChI is InChI=1S/C13H20BNO8/c1-8(16)13(20)22-7-9(17)6-21-11(18)2-3-12(19)23-10(4-14)5-15/h9-10,17H,2-7,15H2,1H3. The number of carbonyl (C=O) groups is 4. The summed E-state index contributed by atoms with van der Waals surface area (Å²) in [7, 11) is 5.30. The predicted octanol–water partition coefficient (Wildman–Crippen LogP) is -1.74. The van der Waals surface area contributed by atoms with Crippen LogP contribution in [0.4, 0.5) is 0 Å². The molecule has 0 fully saturated rings. The van der Waals surface area contributed by atoms with Gasteiger partial charge in [0, 0.05) is 13.5 Å². The van der Waals surface area contributed by atoms with E-state index in [0.717, 1.165) is 6.92 Å². The molecule has 0 aliphatic rings. The number of esters is 3. The first-order chi connectivity index (χ1) is 10.8. The molecule has 0 saturated heterocycles. The molecular weight excluding hydrogens is 309 g/mol. The molecule has 0 aliphatic carbocycles. The molecular formula is C13H20BNO8. The Balaban J connectivity index is 3.87. The van der Waals surface area contributed by atoms with Crippen molar-refractivity contribution >= 4 is 31.5 Å². The van der Waals surface area contributed by atoms with Crippen molar-refractivity contribution in [1.82, 2.24) is 0 Å². The van der Waals surface area contributed by atoms with Gasteiger partial charge in [-0.2, -0.15) is 0 Å². The fourth-order valence-electron chi connectivity index (χ4n) is 1.22. The number of ether oxygens (including phenoxy) is 3. The predicted molar refractivity (Wildman–Crippen MR) is 77.3 cm³/mol. The van der Waals surface area contributed by atoms with Crippen LogP contribution in [0.5, 0.6) is 0 Å². The van der Waals surface area contributed by atoms with Gasteiger partial charge in [0.25, 0.3) is 0 Å². The zero-order valence-electron chi connectivity index (χ0n) is 12.9. The molecule has 9 nitrogen and oxygen atoms in total. The molecule has 0 saturated carbocycles. The van der Waals surface area contributed by atoms with Crippen LogP contribution >= 0.6 is 0 Å². The van der Waals surface area contributed by atoms with Gasteiger partial charge in [-0.15, -0.1) is 0 Å². The zero-order chi connectivity index (χ0) is 17.8. The number of aliphatic hydroxyl groups excluding tert-OH is 1. The van der Waals surface area contributed by atoms with Crippen LogP contribution in [0.1, 0.15) is 19.8 Å². The molecule has 2 atom stereocenters. The number of ketones is 1. The van der Waals surface area contributed by atoms with Crippen LogP contribution in [-0.2, 0) is 33.4 Å². The average Bonchev–Trinajstić information content (AvgIpc) is 2.53. The second-order valence-corrected chi connectivity index (χ2v) is 4.57. The summed E-state index contributed by atoms with van der Waals surface area (Å²) in [5.74, 6) is -3.27. The summed E-state index contributed by atoms with van der Waals surface area (Å²) in [5, 5.41) is 9.40. The van der Waals surface area contributed by atoms with E-state index in [1.807, 2.05) is 0 Å². The lowest BCUT2D eigenvalue weighted by molar-refractivity contribution is -0.159. The molecule has 0 amide bonds. The normalized spacial score (nSPS) is 12.8. The molecule has 128 valence electrons. The zero-order valence-corrected chi connectivity index (χ0v) is 12.9. The molecule has 10 heteroatoms. The van der Waals surface area contributed by atoms with Crippen molar-refractivity contribution < 1.29 is 38.5 Å². The first-order valence-electron chi connectivity index (χ1n) is 6.91. The van der Waals surface area contributed by atoms with Gasteiger partial charge in [0.15, 0.2) is 0 Å². The lowest BCUT2D eigenvalue weighted by atomic mass is 9.99. The first-order valence-corrected chi connectivity index (χ1v) is 6.91. The number of rotatable bonds is 11. The molecule has 0 spiro atoms. The SMILES string of the molecule is [B]CC(CN)OC(=O)CCC(=O)OCC(O)COC(=O)C(C)=O. The van der Waals surface area contributed by atoms with E-state index >= 15 is 0 Å². The van der Waals surface area contributed by atoms with Gasteiger partial charge >= 0.3 is 17.9 Å². The fraction of sp³-hybridized carbons (Fsp3) is 0.692. The highest BCUT2D eigenvalue weighted by atomic mass is 16.6. The number of hydrogen-bond donors (Lipinski definition) is 2. The quantitative estimate of drug-likeness (QED) is 0.195. The van der Waals surface area contributed by atoms with Gasteiger partial charge in [-0.25, -0.2) is 4.79 Å². The fourth-order valence-corrected chi connectivity index (χ4v) is 1.22. The monoisotopic (exact) mass is 329 g/mol. The van der Waals surface area contributed by atoms with Gasteiger partial charge in [-0.3, -0.25) is 14.4 Å². The minimum absolute atomic E-state index is 0.0812. The summed E-state index contributed by atoms with van der Waals surface area (Å²) < 4.78 is 14.0. The minimum atomic E-state index is -1.27. The number of carbonyl (C=O) groups excluding carboxylic acids is 4. The molecule has 0 aromatic rings. The van der Waals surface area contributed by atoms with E-state index < -0.39 is 49.1 Å². The molecule has 0 bridgehead atoms. The Hall–Kier alpha value is -1.94. The van der Waals surface area contributed by atoms with E-state index in [1.54, 1.807) is 0 Å². The van der Waals surface area contributed by atoms with Crippen LogP contribution in [0.2, 0.25) is 6.32 Å². The van der Waals surface area contributed by atoms with Crippen LogP contribution in [0, 0.1) is 0 Å². The van der Waals surface area contributed by atoms with Gasteiger partial charge in [0.05, 0.1) is 20.7 Å². The van der Waals surface area contributed by atoms with Crippen LogP contribution < -0.4 is 5.73 Å². The molecule has 0 aliphatic heterocycles. The van der Waals surface area contributed by atoms with E-state index in [2.05, 4.69) is 9.47 Å². The van der Waals surface area contributed by atoms with Crippen molar-refractivity contribution in [3.63, 3.8) is 0 Å². The summed E-state index contributed by atoms with van der Waals surface area (Å²) in [5.41, 5.74) is 5.30. The van der Waals surface area contributed by atoms with Gasteiger partial charge in [0.1, 0.15) is 25.4 Å². The van der Waals surface area contributed by atoms with E-state index in [4.69, 9.17) is 18.3 Å². The summed E-state index contributed by atoms with van der Waals surface area (Å²) in [6.45, 7) is 0.182. The molecule has 2 unspecified atom stereocenters. The van der Waals surface area contributed by atoms with Crippen molar-refractivity contribution in [3.8, 4) is 0 Å². The highest BCUT2D eigenvalue weighted by molar-refractivity contribution is 6.32. The average molecular weight is 329 g/mol. The number of Topliss-reactive ketones (excluding diaryl/α,β-unsaturated/α-hetero) is 1. The maximum atomic E-state index is 11.4. The van der Waals surface area contributed by atoms with Crippen molar-refractivity contribution in [3.05, 3.63) is 0 Å². The largest absolute Gasteiger partial charge is 0.463 e. The molecule has 0 rings (SSSR count). The summed E-state index contributed by atoms with van der Waals surface area (Å²) >= 11 is 0. The Labute approximate surface area is 134 Å². The Bertz CT molecular complexity index is 424. The smallest absolute Gasteiger partial charge is 0.374 e. The molecule has 3 N–H and O–H groups in total. The maximum absolute atomic E-state index is 11.4. The summed E-state index contributed by atoms with van der Waals surface area (Å²) in [4.78, 5) is 44.2. The highest BCUT2D eigenvalue weighted by Gasteiger charge is 2.16. The number of hydrogen-bond acceptors (Lipinski definition) is 9. The Morgan fingerprint density at radius 1 is 1.09 bits per heavy atom. The third kappa shape index (κ3) is 10.4. The Morgan fingerprint density at radius 3 is 2.17 bits per heavy atom. The Morgan fingerprint density at radius 2 is 1.65 bits per heavy atom. The van der Waals surface area contributed by atoms with E-state index in [-0.39, 0.29) is 25.7 Å². The second-order valence-electron chi connectivity index (χ2n) is 4.57. The topological polar surface area (TPSA) is 142 Å². The van der Waals surface area contributed by atoms with Crippen LogP contribution in [0.15, 0.2) is 0 Å². The maximum Gasteiger partial charge on any atom is 0.374 e. The van der Waals surface area contributed by atoms with Crippen LogP contribution in [0.25, 0.3) is 0 Å². The highest BCUT2D eigenvalue weighted by Crippen LogP contribution is 2.02. The lowest BCUT2D eigenvalue weighted by Crippen LogP contribution is -2.28. The van der Waals surface area contributed by atoms with E-state index in [0.29, 0.717) is 0 Å². The third-order valence-corrected chi connectivity index (χ3v) is 2.49. The lowest BCUT2D eigenvalue weighted by Gasteiger charge is -2.14. The molecule has 0 aromatic heterocycles. The van der Waals surface area contributed by atoms with Crippen molar-refractivity contribution in [1.29, 1.82) is 0 Å². The van der Waals surface area contributed by atoms with Gasteiger partial charge < -0.3 is 25.1 Å². The van der Waals surface area contributed by atoms with Crippen molar-refractivity contribution in [2.24, 2.45) is 5.73 Å². The van der Waals surface area contributed by atoms with E-state index in [9.17, 15) is 24.3 Å². The molecule has 0 heterocycles. The van der Waals surface area contributed by atoms with E-state index in [1.165, 1.54) is 0 Å². The van der Waals surface area contributed by atoms with Gasteiger partial charge in [-0.05, 0) is 0 Å². The van der Waals surface area contributed by atoms with Gasteiger partial charge in [0.2, 0.25) is 5.78 Å². The first kappa shape index (κ1) is 21.1. The summed E-state index contributed by atoms with van der Waals surface area (Å²) in [6.07, 6.45) is -2.26. The minimum Gasteiger partial charge on any atom is -0.463 e.